The van der Waals surface area contributed by atoms with Crippen LogP contribution in [0.2, 0.25) is 0 Å². The van der Waals surface area contributed by atoms with Crippen LogP contribution in [0.15, 0.2) is 12.2 Å². The van der Waals surface area contributed by atoms with Crippen LogP contribution in [0.3, 0.4) is 0 Å². The third-order valence-electron chi connectivity index (χ3n) is 12.9. The van der Waals surface area contributed by atoms with Crippen molar-refractivity contribution in [3.63, 3.8) is 0 Å². The topological polar surface area (TPSA) is 115 Å². The predicted octanol–water partition coefficient (Wildman–Crippen LogP) is 4.73. The van der Waals surface area contributed by atoms with Gasteiger partial charge in [0.1, 0.15) is 0 Å². The molecule has 5 fully saturated rings. The Morgan fingerprint density at radius 2 is 1.51 bits per heavy atom. The summed E-state index contributed by atoms with van der Waals surface area (Å²) in [6.45, 7) is 13.1. The molecule has 0 heterocycles. The van der Waals surface area contributed by atoms with Gasteiger partial charge in [0.25, 0.3) is 0 Å². The molecule has 0 radical (unpaired) electrons. The Hall–Kier alpha value is -1.40. The van der Waals surface area contributed by atoms with Crippen molar-refractivity contribution in [1.29, 1.82) is 0 Å². The van der Waals surface area contributed by atoms with Crippen molar-refractivity contribution in [3.05, 3.63) is 12.2 Å². The summed E-state index contributed by atoms with van der Waals surface area (Å²) in [5.41, 5.74) is -0.403. The van der Waals surface area contributed by atoms with Gasteiger partial charge in [0, 0.05) is 0 Å². The number of carbonyl (C=O) groups is 2. The van der Waals surface area contributed by atoms with Gasteiger partial charge in [0.05, 0.1) is 23.5 Å². The standard InChI is InChI=1S/C29H44O6/c1-15(2)16-6-11-29(25(34)35)13-12-27(4)18(22(16)29)14-20(31)23-26(3)9-8-19(30)21(24(32)33)17(26)7-10-28(23,27)5/h16-23,30-31H,1,6-14H2,2-5H3,(H,32,33)(H,34,35)/t16-,17-,18+,19+,20+,21-,22+,23+,26-,27+,28+,29-/m0/s1. The van der Waals surface area contributed by atoms with Crippen LogP contribution in [0.25, 0.3) is 0 Å². The van der Waals surface area contributed by atoms with E-state index in [-0.39, 0.29) is 45.8 Å². The molecule has 5 saturated carbocycles. The van der Waals surface area contributed by atoms with E-state index in [0.29, 0.717) is 25.7 Å². The largest absolute Gasteiger partial charge is 0.481 e. The molecule has 0 amide bonds. The van der Waals surface area contributed by atoms with Crippen LogP contribution in [0, 0.1) is 57.2 Å². The molecule has 5 aliphatic carbocycles. The number of aliphatic carboxylic acids is 2. The molecule has 0 aromatic carbocycles. The SMILES string of the molecule is C=C(C)[C@@H]1CC[C@]2(C(=O)O)CC[C@]3(C)[C@H](C[C@@H](O)[C@@H]4[C@@]5(C)CC[C@@H](O)[C@@H](C(=O)O)[C@@H]5CC[C@]43C)[C@@H]12. The number of aliphatic hydroxyl groups is 2. The Bertz CT molecular complexity index is 945. The second kappa shape index (κ2) is 7.80. The summed E-state index contributed by atoms with van der Waals surface area (Å²) < 4.78 is 0. The predicted molar refractivity (Wildman–Crippen MR) is 131 cm³/mol. The van der Waals surface area contributed by atoms with Gasteiger partial charge in [-0.3, -0.25) is 9.59 Å². The Kier molecular flexibility index (Phi) is 5.63. The number of fused-ring (bicyclic) bond motifs is 7. The average Bonchev–Trinajstić information content (AvgIpc) is 3.17. The normalized spacial score (nSPS) is 55.1. The van der Waals surface area contributed by atoms with Gasteiger partial charge in [-0.15, -0.1) is 0 Å². The molecule has 6 nitrogen and oxygen atoms in total. The summed E-state index contributed by atoms with van der Waals surface area (Å²) >= 11 is 0. The third-order valence-corrected chi connectivity index (χ3v) is 12.9. The Labute approximate surface area is 209 Å². The fraction of sp³-hybridized carbons (Fsp3) is 0.862. The Morgan fingerprint density at radius 3 is 2.11 bits per heavy atom. The molecule has 0 saturated heterocycles. The molecule has 5 rings (SSSR count). The van der Waals surface area contributed by atoms with Crippen molar-refractivity contribution in [2.45, 2.75) is 97.7 Å². The van der Waals surface area contributed by atoms with Crippen LogP contribution in [0.1, 0.15) is 85.5 Å². The van der Waals surface area contributed by atoms with Gasteiger partial charge in [-0.1, -0.05) is 32.9 Å². The first-order chi connectivity index (χ1) is 16.2. The number of hydrogen-bond donors (Lipinski definition) is 4. The van der Waals surface area contributed by atoms with Gasteiger partial charge < -0.3 is 20.4 Å². The fourth-order valence-corrected chi connectivity index (χ4v) is 11.2. The van der Waals surface area contributed by atoms with Crippen LogP contribution in [0.5, 0.6) is 0 Å². The summed E-state index contributed by atoms with van der Waals surface area (Å²) in [4.78, 5) is 25.0. The lowest BCUT2D eigenvalue weighted by Crippen LogP contribution is -2.69. The second-order valence-corrected chi connectivity index (χ2v) is 13.8. The van der Waals surface area contributed by atoms with Crippen LogP contribution in [-0.2, 0) is 9.59 Å². The molecule has 196 valence electrons. The average molecular weight is 489 g/mol. The van der Waals surface area contributed by atoms with Crippen molar-refractivity contribution in [1.82, 2.24) is 0 Å². The summed E-state index contributed by atoms with van der Waals surface area (Å²) in [7, 11) is 0. The van der Waals surface area contributed by atoms with Gasteiger partial charge in [0.15, 0.2) is 0 Å². The van der Waals surface area contributed by atoms with E-state index in [0.717, 1.165) is 37.7 Å². The molecule has 0 aromatic heterocycles. The summed E-state index contributed by atoms with van der Waals surface area (Å²) in [5.74, 6) is -2.38. The summed E-state index contributed by atoms with van der Waals surface area (Å²) in [6.07, 6.45) is 4.87. The zero-order valence-corrected chi connectivity index (χ0v) is 21.8. The van der Waals surface area contributed by atoms with Crippen LogP contribution < -0.4 is 0 Å². The Balaban J connectivity index is 1.60. The highest BCUT2D eigenvalue weighted by atomic mass is 16.4. The zero-order chi connectivity index (χ0) is 25.7. The third kappa shape index (κ3) is 3.02. The maximum atomic E-state index is 12.7. The minimum atomic E-state index is -0.925. The van der Waals surface area contributed by atoms with Gasteiger partial charge in [-0.25, -0.2) is 0 Å². The first-order valence-electron chi connectivity index (χ1n) is 13.7. The van der Waals surface area contributed by atoms with Gasteiger partial charge in [-0.2, -0.15) is 0 Å². The van der Waals surface area contributed by atoms with E-state index in [1.54, 1.807) is 0 Å². The quantitative estimate of drug-likeness (QED) is 0.427. The van der Waals surface area contributed by atoms with Gasteiger partial charge >= 0.3 is 11.9 Å². The summed E-state index contributed by atoms with van der Waals surface area (Å²) in [6, 6.07) is 0. The summed E-state index contributed by atoms with van der Waals surface area (Å²) in [5, 5.41) is 43.0. The molecule has 0 spiro atoms. The molecule has 0 aromatic rings. The maximum absolute atomic E-state index is 12.7. The molecule has 12 atom stereocenters. The lowest BCUT2D eigenvalue weighted by molar-refractivity contribution is -0.267. The molecule has 0 bridgehead atoms. The van der Waals surface area contributed by atoms with E-state index in [2.05, 4.69) is 27.4 Å². The van der Waals surface area contributed by atoms with Crippen molar-refractivity contribution >= 4 is 11.9 Å². The lowest BCUT2D eigenvalue weighted by Gasteiger charge is -2.72. The van der Waals surface area contributed by atoms with Crippen molar-refractivity contribution in [3.8, 4) is 0 Å². The van der Waals surface area contributed by atoms with E-state index in [4.69, 9.17) is 0 Å². The Morgan fingerprint density at radius 1 is 0.829 bits per heavy atom. The van der Waals surface area contributed by atoms with Gasteiger partial charge in [0.2, 0.25) is 0 Å². The van der Waals surface area contributed by atoms with Crippen LogP contribution in [-0.4, -0.2) is 44.6 Å². The van der Waals surface area contributed by atoms with E-state index < -0.39 is 35.5 Å². The van der Waals surface area contributed by atoms with Crippen molar-refractivity contribution in [2.75, 3.05) is 0 Å². The molecular formula is C29H44O6. The highest BCUT2D eigenvalue weighted by molar-refractivity contribution is 5.76. The molecule has 35 heavy (non-hydrogen) atoms. The smallest absolute Gasteiger partial charge is 0.309 e. The second-order valence-electron chi connectivity index (χ2n) is 13.8. The first kappa shape index (κ1) is 25.3. The molecular weight excluding hydrogens is 444 g/mol. The number of allylic oxidation sites excluding steroid dienone is 1. The van der Waals surface area contributed by atoms with E-state index in [1.807, 2.05) is 6.92 Å². The van der Waals surface area contributed by atoms with Gasteiger partial charge in [-0.05, 0) is 111 Å². The van der Waals surface area contributed by atoms with E-state index in [9.17, 15) is 30.0 Å². The van der Waals surface area contributed by atoms with Crippen LogP contribution in [0.4, 0.5) is 0 Å². The van der Waals surface area contributed by atoms with E-state index in [1.165, 1.54) is 0 Å². The number of carboxylic acids is 2. The zero-order valence-electron chi connectivity index (χ0n) is 21.8. The number of carboxylic acid groups (broad SMARTS) is 2. The van der Waals surface area contributed by atoms with Crippen molar-refractivity contribution in [2.24, 2.45) is 57.2 Å². The highest BCUT2D eigenvalue weighted by Crippen LogP contribution is 2.76. The molecule has 5 aliphatic rings. The fourth-order valence-electron chi connectivity index (χ4n) is 11.2. The number of hydrogen-bond acceptors (Lipinski definition) is 4. The minimum Gasteiger partial charge on any atom is -0.481 e. The lowest BCUT2D eigenvalue weighted by atomic mass is 9.32. The number of rotatable bonds is 3. The molecule has 4 N–H and O–H groups in total. The van der Waals surface area contributed by atoms with Crippen molar-refractivity contribution < 1.29 is 30.0 Å². The van der Waals surface area contributed by atoms with E-state index >= 15 is 0 Å². The van der Waals surface area contributed by atoms with Crippen LogP contribution >= 0.6 is 0 Å². The highest BCUT2D eigenvalue weighted by Gasteiger charge is 2.73. The maximum Gasteiger partial charge on any atom is 0.309 e. The minimum absolute atomic E-state index is 0.0193. The molecule has 0 aliphatic heterocycles. The molecule has 0 unspecified atom stereocenters. The molecule has 6 heteroatoms. The monoisotopic (exact) mass is 488 g/mol. The first-order valence-corrected chi connectivity index (χ1v) is 13.7. The number of aliphatic hydroxyl groups excluding tert-OH is 2.